The number of aryl methyl sites for hydroxylation is 1. The van der Waals surface area contributed by atoms with Gasteiger partial charge in [-0.1, -0.05) is 6.07 Å². The molecule has 0 bridgehead atoms. The lowest BCUT2D eigenvalue weighted by Crippen LogP contribution is -2.02. The van der Waals surface area contributed by atoms with Crippen molar-refractivity contribution in [3.8, 4) is 0 Å². The maximum absolute atomic E-state index is 10.6. The van der Waals surface area contributed by atoms with E-state index < -0.39 is 10.1 Å². The first-order valence-electron chi connectivity index (χ1n) is 5.32. The fourth-order valence-corrected chi connectivity index (χ4v) is 2.01. The van der Waals surface area contributed by atoms with E-state index in [0.29, 0.717) is 0 Å². The molecule has 0 saturated carbocycles. The van der Waals surface area contributed by atoms with Crippen molar-refractivity contribution >= 4 is 15.8 Å². The summed E-state index contributed by atoms with van der Waals surface area (Å²) in [5, 5.41) is 0. The summed E-state index contributed by atoms with van der Waals surface area (Å²) in [6.07, 6.45) is 2.56. The summed E-state index contributed by atoms with van der Waals surface area (Å²) in [4.78, 5) is -0.242. The van der Waals surface area contributed by atoms with Gasteiger partial charge in [-0.15, -0.1) is 0 Å². The van der Waals surface area contributed by atoms with Gasteiger partial charge in [-0.25, -0.2) is 0 Å². The highest BCUT2D eigenvalue weighted by molar-refractivity contribution is 7.86. The van der Waals surface area contributed by atoms with E-state index in [4.69, 9.17) is 15.0 Å². The van der Waals surface area contributed by atoms with Gasteiger partial charge < -0.3 is 10.5 Å². The highest BCUT2D eigenvalue weighted by atomic mass is 32.2. The van der Waals surface area contributed by atoms with Gasteiger partial charge in [0.15, 0.2) is 0 Å². The predicted molar refractivity (Wildman–Crippen MR) is 65.5 cm³/mol. The molecular weight excluding hydrogens is 242 g/mol. The highest BCUT2D eigenvalue weighted by Crippen LogP contribution is 2.18. The Bertz CT molecular complexity index is 459. The molecule has 0 amide bonds. The van der Waals surface area contributed by atoms with Crippen molar-refractivity contribution < 1.29 is 17.7 Å². The molecule has 0 radical (unpaired) electrons. The van der Waals surface area contributed by atoms with Crippen molar-refractivity contribution in [3.63, 3.8) is 0 Å². The second kappa shape index (κ2) is 6.00. The van der Waals surface area contributed by atoms with Crippen LogP contribution in [-0.4, -0.2) is 26.2 Å². The summed E-state index contributed by atoms with van der Waals surface area (Å²) in [5.41, 5.74) is 6.28. The first-order chi connectivity index (χ1) is 7.91. The van der Waals surface area contributed by atoms with E-state index in [1.54, 1.807) is 13.0 Å². The number of hydrogen-bond donors (Lipinski definition) is 2. The van der Waals surface area contributed by atoms with Gasteiger partial charge in [0.1, 0.15) is 4.90 Å². The topological polar surface area (TPSA) is 89.6 Å². The quantitative estimate of drug-likeness (QED) is 0.591. The Morgan fingerprint density at radius 1 is 1.29 bits per heavy atom. The largest absolute Gasteiger partial charge is 0.398 e. The third-order valence-electron chi connectivity index (χ3n) is 2.27. The zero-order chi connectivity index (χ0) is 12.9. The molecule has 1 fully saturated rings. The van der Waals surface area contributed by atoms with Crippen LogP contribution < -0.4 is 5.73 Å². The lowest BCUT2D eigenvalue weighted by Gasteiger charge is -2.01. The van der Waals surface area contributed by atoms with Gasteiger partial charge in [0.2, 0.25) is 0 Å². The minimum atomic E-state index is -4.18. The van der Waals surface area contributed by atoms with Crippen LogP contribution >= 0.6 is 0 Å². The van der Waals surface area contributed by atoms with Gasteiger partial charge >= 0.3 is 0 Å². The zero-order valence-electron chi connectivity index (χ0n) is 9.72. The minimum Gasteiger partial charge on any atom is -0.398 e. The second-order valence-electron chi connectivity index (χ2n) is 3.84. The van der Waals surface area contributed by atoms with Gasteiger partial charge in [0, 0.05) is 13.2 Å². The van der Waals surface area contributed by atoms with Crippen molar-refractivity contribution in [2.75, 3.05) is 18.9 Å². The van der Waals surface area contributed by atoms with Crippen LogP contribution in [0, 0.1) is 6.92 Å². The third kappa shape index (κ3) is 4.72. The molecule has 1 aliphatic heterocycles. The predicted octanol–water partition coefficient (Wildman–Crippen LogP) is 1.62. The Labute approximate surface area is 101 Å². The Balaban J connectivity index is 0.000000239. The van der Waals surface area contributed by atoms with Crippen molar-refractivity contribution in [1.29, 1.82) is 0 Å². The highest BCUT2D eigenvalue weighted by Gasteiger charge is 2.12. The summed E-state index contributed by atoms with van der Waals surface area (Å²) in [7, 11) is -4.18. The van der Waals surface area contributed by atoms with Crippen LogP contribution in [0.2, 0.25) is 0 Å². The number of nitrogen functional groups attached to an aromatic ring is 1. The van der Waals surface area contributed by atoms with Crippen LogP contribution in [0.25, 0.3) is 0 Å². The van der Waals surface area contributed by atoms with E-state index in [0.717, 1.165) is 18.8 Å². The van der Waals surface area contributed by atoms with Crippen LogP contribution in [0.1, 0.15) is 18.4 Å². The third-order valence-corrected chi connectivity index (χ3v) is 3.20. The molecule has 3 N–H and O–H groups in total. The summed E-state index contributed by atoms with van der Waals surface area (Å²) < 4.78 is 34.9. The molecule has 6 heteroatoms. The SMILES string of the molecule is C1CCOC1.Cc1ccc(S(=O)(=O)O)c(N)c1. The molecule has 1 heterocycles. The average Bonchev–Trinajstić information content (AvgIpc) is 2.72. The first kappa shape index (κ1) is 14.0. The Morgan fingerprint density at radius 2 is 1.88 bits per heavy atom. The van der Waals surface area contributed by atoms with Crippen molar-refractivity contribution in [3.05, 3.63) is 23.8 Å². The number of hydrogen-bond acceptors (Lipinski definition) is 4. The van der Waals surface area contributed by atoms with E-state index in [1.165, 1.54) is 25.0 Å². The van der Waals surface area contributed by atoms with E-state index in [2.05, 4.69) is 0 Å². The second-order valence-corrected chi connectivity index (χ2v) is 5.23. The van der Waals surface area contributed by atoms with E-state index >= 15 is 0 Å². The molecule has 1 aromatic carbocycles. The molecule has 0 aliphatic carbocycles. The standard InChI is InChI=1S/C7H9NO3S.C4H8O/c1-5-2-3-7(6(8)4-5)12(9,10)11;1-2-4-5-3-1/h2-4H,8H2,1H3,(H,9,10,11);1-4H2. The van der Waals surface area contributed by atoms with Crippen LogP contribution in [0.15, 0.2) is 23.1 Å². The number of rotatable bonds is 1. The van der Waals surface area contributed by atoms with Gasteiger partial charge in [0.05, 0.1) is 5.69 Å². The summed E-state index contributed by atoms with van der Waals surface area (Å²) in [6.45, 7) is 3.78. The maximum atomic E-state index is 10.6. The van der Waals surface area contributed by atoms with Crippen LogP contribution in [0.3, 0.4) is 0 Å². The Hall–Kier alpha value is -1.11. The molecule has 0 atom stereocenters. The normalized spacial score (nSPS) is 15.2. The monoisotopic (exact) mass is 259 g/mol. The molecule has 0 spiro atoms. The van der Waals surface area contributed by atoms with E-state index in [-0.39, 0.29) is 10.6 Å². The molecule has 1 saturated heterocycles. The van der Waals surface area contributed by atoms with Crippen molar-refractivity contribution in [2.24, 2.45) is 0 Å². The molecule has 17 heavy (non-hydrogen) atoms. The van der Waals surface area contributed by atoms with E-state index in [1.807, 2.05) is 0 Å². The fraction of sp³-hybridized carbons (Fsp3) is 0.455. The van der Waals surface area contributed by atoms with Crippen LogP contribution in [0.4, 0.5) is 5.69 Å². The smallest absolute Gasteiger partial charge is 0.296 e. The first-order valence-corrected chi connectivity index (χ1v) is 6.76. The van der Waals surface area contributed by atoms with Gasteiger partial charge in [-0.05, 0) is 37.5 Å². The fourth-order valence-electron chi connectivity index (χ4n) is 1.41. The van der Waals surface area contributed by atoms with Gasteiger partial charge in [0.25, 0.3) is 10.1 Å². The molecule has 1 aromatic rings. The number of anilines is 1. The van der Waals surface area contributed by atoms with Crippen LogP contribution in [-0.2, 0) is 14.9 Å². The Morgan fingerprint density at radius 3 is 2.24 bits per heavy atom. The molecule has 0 unspecified atom stereocenters. The molecule has 1 aliphatic rings. The maximum Gasteiger partial charge on any atom is 0.296 e. The molecule has 96 valence electrons. The number of ether oxygens (including phenoxy) is 1. The van der Waals surface area contributed by atoms with Gasteiger partial charge in [-0.3, -0.25) is 4.55 Å². The number of nitrogens with two attached hydrogens (primary N) is 1. The molecular formula is C11H17NO4S. The van der Waals surface area contributed by atoms with Crippen LogP contribution in [0.5, 0.6) is 0 Å². The summed E-state index contributed by atoms with van der Waals surface area (Å²) in [6, 6.07) is 4.34. The molecule has 2 rings (SSSR count). The summed E-state index contributed by atoms with van der Waals surface area (Å²) >= 11 is 0. The van der Waals surface area contributed by atoms with Gasteiger partial charge in [-0.2, -0.15) is 8.42 Å². The minimum absolute atomic E-state index is 0.0671. The molecule has 5 nitrogen and oxygen atoms in total. The number of benzene rings is 1. The molecule has 0 aromatic heterocycles. The van der Waals surface area contributed by atoms with Crippen molar-refractivity contribution in [2.45, 2.75) is 24.7 Å². The Kier molecular flexibility index (Phi) is 4.92. The summed E-state index contributed by atoms with van der Waals surface area (Å²) in [5.74, 6) is 0. The van der Waals surface area contributed by atoms with Crippen molar-refractivity contribution in [1.82, 2.24) is 0 Å². The zero-order valence-corrected chi connectivity index (χ0v) is 10.5. The lowest BCUT2D eigenvalue weighted by atomic mass is 10.2. The van der Waals surface area contributed by atoms with E-state index in [9.17, 15) is 8.42 Å². The average molecular weight is 259 g/mol. The lowest BCUT2D eigenvalue weighted by molar-refractivity contribution is 0.198.